The van der Waals surface area contributed by atoms with Crippen molar-refractivity contribution in [2.45, 2.75) is 12.2 Å². The van der Waals surface area contributed by atoms with Gasteiger partial charge in [-0.15, -0.1) is 0 Å². The quantitative estimate of drug-likeness (QED) is 0.756. The molecule has 1 atom stereocenters. The predicted molar refractivity (Wildman–Crippen MR) is 109 cm³/mol. The summed E-state index contributed by atoms with van der Waals surface area (Å²) in [5.41, 5.74) is 4.88. The van der Waals surface area contributed by atoms with Gasteiger partial charge in [-0.3, -0.25) is 9.00 Å². The molecule has 0 fully saturated rings. The molecule has 3 aromatic rings. The number of aromatic amines is 1. The van der Waals surface area contributed by atoms with Crippen molar-refractivity contribution in [3.8, 4) is 0 Å². The Morgan fingerprint density at radius 1 is 1.30 bits per heavy atom. The van der Waals surface area contributed by atoms with E-state index in [-0.39, 0.29) is 5.91 Å². The highest BCUT2D eigenvalue weighted by Gasteiger charge is 2.21. The normalized spacial score (nSPS) is 15.6. The minimum Gasteiger partial charge on any atom is -0.346 e. The Labute approximate surface area is 160 Å². The van der Waals surface area contributed by atoms with Crippen LogP contribution in [0.3, 0.4) is 0 Å². The van der Waals surface area contributed by atoms with E-state index < -0.39 is 10.8 Å². The van der Waals surface area contributed by atoms with Crippen molar-refractivity contribution in [1.29, 1.82) is 0 Å². The molecule has 1 N–H and O–H groups in total. The maximum atomic E-state index is 12.8. The number of H-pyrrole nitrogens is 1. The number of nitrogens with zero attached hydrogens (tertiary/aromatic N) is 2. The average molecular weight is 379 g/mol. The third kappa shape index (κ3) is 3.71. The molecule has 0 unspecified atom stereocenters. The Morgan fingerprint density at radius 2 is 2.19 bits per heavy atom. The van der Waals surface area contributed by atoms with E-state index >= 15 is 0 Å². The minimum atomic E-state index is -0.919. The fourth-order valence-corrected chi connectivity index (χ4v) is 4.18. The number of fused-ring (bicyclic) bond motifs is 1. The number of nitrogens with one attached hydrogen (secondary N) is 1. The molecule has 0 saturated heterocycles. The first-order valence-corrected chi connectivity index (χ1v) is 10.6. The van der Waals surface area contributed by atoms with Crippen molar-refractivity contribution in [3.05, 3.63) is 71.6 Å². The van der Waals surface area contributed by atoms with E-state index in [2.05, 4.69) is 22.1 Å². The molecule has 1 aliphatic rings. The lowest BCUT2D eigenvalue weighted by Gasteiger charge is -2.26. The molecule has 6 heteroatoms. The van der Waals surface area contributed by atoms with Gasteiger partial charge in [-0.25, -0.2) is 4.98 Å². The molecule has 3 heterocycles. The van der Waals surface area contributed by atoms with E-state index in [0.29, 0.717) is 24.4 Å². The van der Waals surface area contributed by atoms with E-state index in [4.69, 9.17) is 0 Å². The first-order chi connectivity index (χ1) is 13.1. The summed E-state index contributed by atoms with van der Waals surface area (Å²) >= 11 is 0. The zero-order valence-electron chi connectivity index (χ0n) is 15.1. The topological polar surface area (TPSA) is 66.1 Å². The van der Waals surface area contributed by atoms with Crippen LogP contribution in [0.4, 0.5) is 0 Å². The van der Waals surface area contributed by atoms with Crippen LogP contribution in [0, 0.1) is 0 Å². The van der Waals surface area contributed by atoms with Gasteiger partial charge in [-0.1, -0.05) is 18.2 Å². The van der Waals surface area contributed by atoms with Gasteiger partial charge in [0.25, 0.3) is 5.91 Å². The largest absolute Gasteiger partial charge is 0.346 e. The summed E-state index contributed by atoms with van der Waals surface area (Å²) < 4.78 is 11.4. The van der Waals surface area contributed by atoms with Gasteiger partial charge in [0.15, 0.2) is 0 Å². The van der Waals surface area contributed by atoms with Crippen LogP contribution in [0.25, 0.3) is 16.6 Å². The zero-order valence-corrected chi connectivity index (χ0v) is 16.0. The molecule has 0 bridgehead atoms. The highest BCUT2D eigenvalue weighted by atomic mass is 32.2. The van der Waals surface area contributed by atoms with Gasteiger partial charge in [-0.05, 0) is 41.8 Å². The van der Waals surface area contributed by atoms with Gasteiger partial charge in [0, 0.05) is 64.8 Å². The third-order valence-electron chi connectivity index (χ3n) is 4.84. The van der Waals surface area contributed by atoms with Crippen LogP contribution in [0.15, 0.2) is 54.9 Å². The molecular formula is C21H21N3O2S. The van der Waals surface area contributed by atoms with Crippen LogP contribution in [-0.4, -0.2) is 44.3 Å². The molecule has 0 aliphatic carbocycles. The fourth-order valence-electron chi connectivity index (χ4n) is 3.53. The highest BCUT2D eigenvalue weighted by Crippen LogP contribution is 2.28. The van der Waals surface area contributed by atoms with Gasteiger partial charge >= 0.3 is 0 Å². The summed E-state index contributed by atoms with van der Waals surface area (Å²) in [6, 6.07) is 11.5. The van der Waals surface area contributed by atoms with Crippen LogP contribution < -0.4 is 0 Å². The number of carbonyl (C=O) groups is 1. The maximum absolute atomic E-state index is 12.8. The molecule has 27 heavy (non-hydrogen) atoms. The molecule has 5 nitrogen and oxygen atoms in total. The predicted octanol–water partition coefficient (Wildman–Crippen LogP) is 3.37. The number of pyridine rings is 1. The van der Waals surface area contributed by atoms with Crippen LogP contribution in [-0.2, 0) is 16.6 Å². The van der Waals surface area contributed by atoms with Crippen molar-refractivity contribution in [1.82, 2.24) is 14.9 Å². The van der Waals surface area contributed by atoms with Crippen LogP contribution >= 0.6 is 0 Å². The maximum Gasteiger partial charge on any atom is 0.254 e. The number of benzene rings is 1. The summed E-state index contributed by atoms with van der Waals surface area (Å²) in [6.07, 6.45) is 8.38. The van der Waals surface area contributed by atoms with Crippen molar-refractivity contribution >= 4 is 33.3 Å². The number of hydrogen-bond acceptors (Lipinski definition) is 3. The molecule has 0 radical (unpaired) electrons. The standard InChI is InChI=1S/C21H21N3O2S/c1-27(26)14-15-4-2-5-17(12-15)21(25)24-10-7-16(8-11-24)19-13-23-20-18(19)6-3-9-22-20/h2-7,9,12-13H,8,10-11,14H2,1H3,(H,22,23)/t27-/m0/s1. The van der Waals surface area contributed by atoms with Crippen molar-refractivity contribution in [2.75, 3.05) is 19.3 Å². The second-order valence-corrected chi connectivity index (χ2v) is 8.19. The molecule has 0 saturated carbocycles. The SMILES string of the molecule is C[S@](=O)Cc1cccc(C(=O)N2CC=C(c3c[nH]c4ncccc34)CC2)c1. The Kier molecular flexibility index (Phi) is 4.90. The zero-order chi connectivity index (χ0) is 18.8. The number of rotatable bonds is 4. The summed E-state index contributed by atoms with van der Waals surface area (Å²) in [7, 11) is -0.919. The smallest absolute Gasteiger partial charge is 0.254 e. The lowest BCUT2D eigenvalue weighted by molar-refractivity contribution is 0.0773. The molecule has 2 aromatic heterocycles. The number of hydrogen-bond donors (Lipinski definition) is 1. The summed E-state index contributed by atoms with van der Waals surface area (Å²) in [4.78, 5) is 22.3. The lowest BCUT2D eigenvalue weighted by Crippen LogP contribution is -2.34. The lowest BCUT2D eigenvalue weighted by atomic mass is 9.99. The van der Waals surface area contributed by atoms with Gasteiger partial charge in [0.2, 0.25) is 0 Å². The summed E-state index contributed by atoms with van der Waals surface area (Å²) in [5.74, 6) is 0.495. The summed E-state index contributed by atoms with van der Waals surface area (Å²) in [6.45, 7) is 1.27. The Bertz CT molecular complexity index is 1050. The first kappa shape index (κ1) is 17.7. The fraction of sp³-hybridized carbons (Fsp3) is 0.238. The van der Waals surface area contributed by atoms with E-state index in [0.717, 1.165) is 28.6 Å². The molecule has 0 spiro atoms. The van der Waals surface area contributed by atoms with Crippen molar-refractivity contribution < 1.29 is 9.00 Å². The average Bonchev–Trinajstić information content (AvgIpc) is 3.11. The number of amides is 1. The third-order valence-corrected chi connectivity index (χ3v) is 5.58. The molecule has 4 rings (SSSR count). The van der Waals surface area contributed by atoms with Gasteiger partial charge in [0.1, 0.15) is 5.65 Å². The van der Waals surface area contributed by atoms with E-state index in [9.17, 15) is 9.00 Å². The number of carbonyl (C=O) groups excluding carboxylic acids is 1. The Balaban J connectivity index is 1.51. The van der Waals surface area contributed by atoms with Crippen molar-refractivity contribution in [3.63, 3.8) is 0 Å². The Morgan fingerprint density at radius 3 is 2.96 bits per heavy atom. The van der Waals surface area contributed by atoms with Crippen molar-refractivity contribution in [2.24, 2.45) is 0 Å². The minimum absolute atomic E-state index is 0.0228. The van der Waals surface area contributed by atoms with Gasteiger partial charge in [0.05, 0.1) is 0 Å². The molecule has 1 amide bonds. The van der Waals surface area contributed by atoms with E-state index in [1.165, 1.54) is 5.57 Å². The second kappa shape index (κ2) is 7.48. The van der Waals surface area contributed by atoms with Crippen LogP contribution in [0.2, 0.25) is 0 Å². The van der Waals surface area contributed by atoms with Crippen LogP contribution in [0.5, 0.6) is 0 Å². The van der Waals surface area contributed by atoms with E-state index in [1.54, 1.807) is 12.5 Å². The molecule has 1 aliphatic heterocycles. The first-order valence-electron chi connectivity index (χ1n) is 8.91. The monoisotopic (exact) mass is 379 g/mol. The second-order valence-electron chi connectivity index (χ2n) is 6.75. The van der Waals surface area contributed by atoms with Gasteiger partial charge < -0.3 is 9.88 Å². The summed E-state index contributed by atoms with van der Waals surface area (Å²) in [5, 5.41) is 1.11. The number of aromatic nitrogens is 2. The Hall–Kier alpha value is -2.73. The van der Waals surface area contributed by atoms with Gasteiger partial charge in [-0.2, -0.15) is 0 Å². The molecule has 1 aromatic carbocycles. The molecule has 138 valence electrons. The highest BCUT2D eigenvalue weighted by molar-refractivity contribution is 7.83. The van der Waals surface area contributed by atoms with Crippen LogP contribution in [0.1, 0.15) is 27.9 Å². The molecular weight excluding hydrogens is 358 g/mol. The van der Waals surface area contributed by atoms with E-state index in [1.807, 2.05) is 41.4 Å².